The number of benzene rings is 1. The molecule has 3 nitrogen and oxygen atoms in total. The standard InChI is InChI=1S/C16H25NO2/c1-12-6-7-15(13(2)9-12)16(18)11-17-8-4-5-14(10-17)19-3/h6-7,9,14,16,18H,4-5,8,10-11H2,1-3H3. The normalized spacial score (nSPS) is 22.4. The summed E-state index contributed by atoms with van der Waals surface area (Å²) in [5, 5.41) is 10.4. The first-order valence-corrected chi connectivity index (χ1v) is 7.10. The molecule has 0 aromatic heterocycles. The number of nitrogens with zero attached hydrogens (tertiary/aromatic N) is 1. The fourth-order valence-electron chi connectivity index (χ4n) is 2.91. The number of β-amino-alcohol motifs (C(OH)–C–C–N with tert-alkyl or cyclic N) is 1. The van der Waals surface area contributed by atoms with Crippen LogP contribution in [0.25, 0.3) is 0 Å². The summed E-state index contributed by atoms with van der Waals surface area (Å²) in [6.07, 6.45) is 2.20. The average Bonchev–Trinajstić information content (AvgIpc) is 2.38. The average molecular weight is 263 g/mol. The summed E-state index contributed by atoms with van der Waals surface area (Å²) < 4.78 is 5.42. The number of aryl methyl sites for hydroxylation is 2. The van der Waals surface area contributed by atoms with Crippen LogP contribution in [0.4, 0.5) is 0 Å². The lowest BCUT2D eigenvalue weighted by Crippen LogP contribution is -2.41. The van der Waals surface area contributed by atoms with Gasteiger partial charge in [-0.2, -0.15) is 0 Å². The summed E-state index contributed by atoms with van der Waals surface area (Å²) in [4.78, 5) is 2.31. The van der Waals surface area contributed by atoms with Gasteiger partial charge < -0.3 is 9.84 Å². The maximum absolute atomic E-state index is 10.4. The molecule has 1 saturated heterocycles. The molecular formula is C16H25NO2. The predicted octanol–water partition coefficient (Wildman–Crippen LogP) is 2.45. The number of aliphatic hydroxyl groups excluding tert-OH is 1. The van der Waals surface area contributed by atoms with E-state index < -0.39 is 6.10 Å². The SMILES string of the molecule is COC1CCCN(CC(O)c2ccc(C)cc2C)C1. The van der Waals surface area contributed by atoms with Gasteiger partial charge in [-0.1, -0.05) is 23.8 Å². The Labute approximate surface area is 116 Å². The van der Waals surface area contributed by atoms with E-state index in [0.717, 1.165) is 31.5 Å². The first-order chi connectivity index (χ1) is 9.10. The van der Waals surface area contributed by atoms with Gasteiger partial charge in [0.05, 0.1) is 12.2 Å². The number of likely N-dealkylation sites (tertiary alicyclic amines) is 1. The highest BCUT2D eigenvalue weighted by Crippen LogP contribution is 2.22. The van der Waals surface area contributed by atoms with Crippen LogP contribution in [0.3, 0.4) is 0 Å². The summed E-state index contributed by atoms with van der Waals surface area (Å²) in [5.74, 6) is 0. The Bertz CT molecular complexity index is 419. The van der Waals surface area contributed by atoms with Gasteiger partial charge in [-0.25, -0.2) is 0 Å². The molecule has 106 valence electrons. The molecule has 0 spiro atoms. The van der Waals surface area contributed by atoms with Gasteiger partial charge in [0.15, 0.2) is 0 Å². The van der Waals surface area contributed by atoms with Gasteiger partial charge in [0.25, 0.3) is 0 Å². The predicted molar refractivity (Wildman–Crippen MR) is 77.3 cm³/mol. The topological polar surface area (TPSA) is 32.7 Å². The van der Waals surface area contributed by atoms with Gasteiger partial charge in [-0.3, -0.25) is 4.90 Å². The van der Waals surface area contributed by atoms with Crippen molar-refractivity contribution in [2.45, 2.75) is 38.9 Å². The lowest BCUT2D eigenvalue weighted by atomic mass is 10.00. The molecule has 1 aliphatic rings. The summed E-state index contributed by atoms with van der Waals surface area (Å²) >= 11 is 0. The van der Waals surface area contributed by atoms with Gasteiger partial charge in [0.2, 0.25) is 0 Å². The van der Waals surface area contributed by atoms with E-state index in [1.54, 1.807) is 7.11 Å². The van der Waals surface area contributed by atoms with Crippen LogP contribution in [-0.2, 0) is 4.74 Å². The minimum Gasteiger partial charge on any atom is -0.387 e. The fraction of sp³-hybridized carbons (Fsp3) is 0.625. The Balaban J connectivity index is 1.98. The first-order valence-electron chi connectivity index (χ1n) is 7.10. The van der Waals surface area contributed by atoms with Gasteiger partial charge in [-0.05, 0) is 44.4 Å². The summed E-state index contributed by atoms with van der Waals surface area (Å²) in [5.41, 5.74) is 3.46. The van der Waals surface area contributed by atoms with Gasteiger partial charge in [0, 0.05) is 20.2 Å². The number of hydrogen-bond acceptors (Lipinski definition) is 3. The zero-order chi connectivity index (χ0) is 13.8. The van der Waals surface area contributed by atoms with Crippen LogP contribution >= 0.6 is 0 Å². The van der Waals surface area contributed by atoms with E-state index in [1.165, 1.54) is 11.1 Å². The largest absolute Gasteiger partial charge is 0.387 e. The Morgan fingerprint density at radius 2 is 2.21 bits per heavy atom. The molecule has 19 heavy (non-hydrogen) atoms. The van der Waals surface area contributed by atoms with Crippen molar-refractivity contribution in [2.75, 3.05) is 26.7 Å². The summed E-state index contributed by atoms with van der Waals surface area (Å²) in [7, 11) is 1.77. The van der Waals surface area contributed by atoms with Crippen molar-refractivity contribution in [1.29, 1.82) is 0 Å². The molecule has 1 aromatic carbocycles. The highest BCUT2D eigenvalue weighted by molar-refractivity contribution is 5.32. The second-order valence-electron chi connectivity index (χ2n) is 5.64. The van der Waals surface area contributed by atoms with Crippen molar-refractivity contribution >= 4 is 0 Å². The highest BCUT2D eigenvalue weighted by atomic mass is 16.5. The molecule has 0 aliphatic carbocycles. The van der Waals surface area contributed by atoms with E-state index in [-0.39, 0.29) is 0 Å². The number of ether oxygens (including phenoxy) is 1. The Morgan fingerprint density at radius 1 is 1.42 bits per heavy atom. The second-order valence-corrected chi connectivity index (χ2v) is 5.64. The summed E-state index contributed by atoms with van der Waals surface area (Å²) in [6.45, 7) is 6.83. The van der Waals surface area contributed by atoms with E-state index in [1.807, 2.05) is 6.07 Å². The molecule has 3 heteroatoms. The molecule has 1 fully saturated rings. The number of aliphatic hydroxyl groups is 1. The molecule has 1 N–H and O–H groups in total. The van der Waals surface area contributed by atoms with Crippen LogP contribution in [-0.4, -0.2) is 42.9 Å². The van der Waals surface area contributed by atoms with Crippen molar-refractivity contribution < 1.29 is 9.84 Å². The lowest BCUT2D eigenvalue weighted by molar-refractivity contribution is 0.0127. The molecular weight excluding hydrogens is 238 g/mol. The Hall–Kier alpha value is -0.900. The monoisotopic (exact) mass is 263 g/mol. The second kappa shape index (κ2) is 6.51. The molecule has 0 saturated carbocycles. The third-order valence-electron chi connectivity index (χ3n) is 4.01. The molecule has 0 amide bonds. The van der Waals surface area contributed by atoms with Crippen molar-refractivity contribution in [3.05, 3.63) is 34.9 Å². The van der Waals surface area contributed by atoms with E-state index in [4.69, 9.17) is 4.74 Å². The minimum absolute atomic E-state index is 0.320. The molecule has 2 rings (SSSR count). The van der Waals surface area contributed by atoms with Crippen molar-refractivity contribution in [3.8, 4) is 0 Å². The van der Waals surface area contributed by atoms with E-state index in [2.05, 4.69) is 30.9 Å². The van der Waals surface area contributed by atoms with E-state index in [0.29, 0.717) is 12.6 Å². The van der Waals surface area contributed by atoms with Crippen LogP contribution in [0.15, 0.2) is 18.2 Å². The molecule has 0 bridgehead atoms. The van der Waals surface area contributed by atoms with Crippen LogP contribution in [0.5, 0.6) is 0 Å². The lowest BCUT2D eigenvalue weighted by Gasteiger charge is -2.33. The van der Waals surface area contributed by atoms with Crippen LogP contribution < -0.4 is 0 Å². The van der Waals surface area contributed by atoms with Crippen molar-refractivity contribution in [2.24, 2.45) is 0 Å². The van der Waals surface area contributed by atoms with Gasteiger partial charge >= 0.3 is 0 Å². The fourth-order valence-corrected chi connectivity index (χ4v) is 2.91. The maximum Gasteiger partial charge on any atom is 0.0919 e. The number of rotatable bonds is 4. The number of piperidine rings is 1. The molecule has 2 atom stereocenters. The first kappa shape index (κ1) is 14.5. The quantitative estimate of drug-likeness (QED) is 0.905. The zero-order valence-electron chi connectivity index (χ0n) is 12.2. The Morgan fingerprint density at radius 3 is 2.89 bits per heavy atom. The summed E-state index contributed by atoms with van der Waals surface area (Å²) in [6, 6.07) is 6.25. The van der Waals surface area contributed by atoms with Crippen molar-refractivity contribution in [3.63, 3.8) is 0 Å². The van der Waals surface area contributed by atoms with Crippen LogP contribution in [0, 0.1) is 13.8 Å². The van der Waals surface area contributed by atoms with Crippen molar-refractivity contribution in [1.82, 2.24) is 4.90 Å². The Kier molecular flexibility index (Phi) is 4.97. The molecule has 2 unspecified atom stereocenters. The van der Waals surface area contributed by atoms with Crippen LogP contribution in [0.1, 0.15) is 35.6 Å². The molecule has 1 aliphatic heterocycles. The maximum atomic E-state index is 10.4. The third-order valence-corrected chi connectivity index (χ3v) is 4.01. The molecule has 0 radical (unpaired) electrons. The third kappa shape index (κ3) is 3.78. The van der Waals surface area contributed by atoms with Gasteiger partial charge in [-0.15, -0.1) is 0 Å². The number of methoxy groups -OCH3 is 1. The zero-order valence-corrected chi connectivity index (χ0v) is 12.2. The van der Waals surface area contributed by atoms with Gasteiger partial charge in [0.1, 0.15) is 0 Å². The smallest absolute Gasteiger partial charge is 0.0919 e. The number of hydrogen-bond donors (Lipinski definition) is 1. The van der Waals surface area contributed by atoms with Crippen LogP contribution in [0.2, 0.25) is 0 Å². The highest BCUT2D eigenvalue weighted by Gasteiger charge is 2.22. The molecule has 1 aromatic rings. The van der Waals surface area contributed by atoms with E-state index in [9.17, 15) is 5.11 Å². The minimum atomic E-state index is -0.406. The van der Waals surface area contributed by atoms with E-state index >= 15 is 0 Å². The molecule has 1 heterocycles.